The minimum absolute atomic E-state index is 0.0118. The molecule has 5 nitrogen and oxygen atoms in total. The summed E-state index contributed by atoms with van der Waals surface area (Å²) in [7, 11) is 0. The van der Waals surface area contributed by atoms with E-state index in [-0.39, 0.29) is 5.91 Å². The molecule has 34 heavy (non-hydrogen) atoms. The molecule has 3 aromatic carbocycles. The zero-order valence-corrected chi connectivity index (χ0v) is 20.4. The summed E-state index contributed by atoms with van der Waals surface area (Å²) in [6.07, 6.45) is 1.94. The van der Waals surface area contributed by atoms with Crippen molar-refractivity contribution in [2.45, 2.75) is 39.7 Å². The number of hydrogen-bond acceptors (Lipinski definition) is 3. The first-order chi connectivity index (χ1) is 16.5. The molecular weight excluding hydrogens is 446 g/mol. The fraction of sp³-hybridized carbons (Fsp3) is 0.286. The first-order valence-corrected chi connectivity index (χ1v) is 12.0. The van der Waals surface area contributed by atoms with Crippen molar-refractivity contribution in [2.75, 3.05) is 13.2 Å². The number of nitrogens with one attached hydrogen (secondary N) is 1. The Hall–Kier alpha value is -3.31. The van der Waals surface area contributed by atoms with Crippen molar-refractivity contribution in [3.63, 3.8) is 0 Å². The Morgan fingerprint density at radius 3 is 2.65 bits per heavy atom. The lowest BCUT2D eigenvalue weighted by Crippen LogP contribution is -2.26. The predicted octanol–water partition coefficient (Wildman–Crippen LogP) is 5.68. The maximum absolute atomic E-state index is 12.3. The number of rotatable bonds is 10. The van der Waals surface area contributed by atoms with Crippen molar-refractivity contribution in [3.05, 3.63) is 94.3 Å². The number of aryl methyl sites for hydroxylation is 3. The van der Waals surface area contributed by atoms with E-state index in [4.69, 9.17) is 21.3 Å². The van der Waals surface area contributed by atoms with Gasteiger partial charge in [-0.2, -0.15) is 0 Å². The molecule has 0 radical (unpaired) electrons. The van der Waals surface area contributed by atoms with Crippen LogP contribution >= 0.6 is 11.6 Å². The average Bonchev–Trinajstić information content (AvgIpc) is 3.17. The lowest BCUT2D eigenvalue weighted by atomic mass is 10.1. The van der Waals surface area contributed by atoms with E-state index in [1.165, 1.54) is 5.56 Å². The van der Waals surface area contributed by atoms with E-state index in [9.17, 15) is 4.79 Å². The van der Waals surface area contributed by atoms with Crippen LogP contribution in [0, 0.1) is 13.8 Å². The Labute approximate surface area is 205 Å². The zero-order valence-electron chi connectivity index (χ0n) is 19.7. The van der Waals surface area contributed by atoms with Gasteiger partial charge in [-0.05, 0) is 61.7 Å². The SMILES string of the molecule is Cc1ccc(OCCn2c(CCCNC(=O)Cc3ccc(Cl)cc3)nc3ccccc32)c(C)c1. The Morgan fingerprint density at radius 2 is 1.85 bits per heavy atom. The standard InChI is InChI=1S/C28H30ClN3O2/c1-20-9-14-26(21(2)18-20)34-17-16-32-25-7-4-3-6-24(25)31-27(32)8-5-15-30-28(33)19-22-10-12-23(29)13-11-22/h3-4,6-7,9-14,18H,5,8,15-17,19H2,1-2H3,(H,30,33). The van der Waals surface area contributed by atoms with Gasteiger partial charge in [-0.15, -0.1) is 0 Å². The first kappa shape index (κ1) is 23.8. The van der Waals surface area contributed by atoms with Crippen LogP contribution < -0.4 is 10.1 Å². The van der Waals surface area contributed by atoms with Crippen molar-refractivity contribution < 1.29 is 9.53 Å². The lowest BCUT2D eigenvalue weighted by Gasteiger charge is -2.13. The number of benzene rings is 3. The molecule has 1 N–H and O–H groups in total. The molecule has 1 heterocycles. The van der Waals surface area contributed by atoms with Crippen LogP contribution in [0.4, 0.5) is 0 Å². The molecule has 1 aromatic heterocycles. The molecule has 0 spiro atoms. The van der Waals surface area contributed by atoms with Gasteiger partial charge in [0.2, 0.25) is 5.91 Å². The molecule has 4 aromatic rings. The summed E-state index contributed by atoms with van der Waals surface area (Å²) >= 11 is 5.91. The van der Waals surface area contributed by atoms with E-state index in [0.717, 1.165) is 46.6 Å². The van der Waals surface area contributed by atoms with Crippen LogP contribution in [0.25, 0.3) is 11.0 Å². The smallest absolute Gasteiger partial charge is 0.224 e. The summed E-state index contributed by atoms with van der Waals surface area (Å²) in [5.74, 6) is 1.94. The third-order valence-electron chi connectivity index (χ3n) is 5.81. The minimum atomic E-state index is 0.0118. The highest BCUT2D eigenvalue weighted by molar-refractivity contribution is 6.30. The third-order valence-corrected chi connectivity index (χ3v) is 6.07. The molecule has 176 valence electrons. The Kier molecular flexibility index (Phi) is 7.86. The van der Waals surface area contributed by atoms with Crippen molar-refractivity contribution in [1.29, 1.82) is 0 Å². The molecule has 0 bridgehead atoms. The average molecular weight is 476 g/mol. The highest BCUT2D eigenvalue weighted by atomic mass is 35.5. The van der Waals surface area contributed by atoms with Gasteiger partial charge < -0.3 is 14.6 Å². The van der Waals surface area contributed by atoms with Gasteiger partial charge in [-0.1, -0.05) is 53.6 Å². The van der Waals surface area contributed by atoms with Gasteiger partial charge in [0.25, 0.3) is 0 Å². The van der Waals surface area contributed by atoms with Crippen LogP contribution in [0.3, 0.4) is 0 Å². The van der Waals surface area contributed by atoms with Gasteiger partial charge >= 0.3 is 0 Å². The second-order valence-electron chi connectivity index (χ2n) is 8.54. The van der Waals surface area contributed by atoms with E-state index in [1.54, 1.807) is 12.1 Å². The fourth-order valence-electron chi connectivity index (χ4n) is 4.10. The molecule has 0 saturated carbocycles. The first-order valence-electron chi connectivity index (χ1n) is 11.6. The second kappa shape index (κ2) is 11.2. The van der Waals surface area contributed by atoms with Crippen molar-refractivity contribution in [1.82, 2.24) is 14.9 Å². The summed E-state index contributed by atoms with van der Waals surface area (Å²) < 4.78 is 8.31. The molecule has 0 unspecified atom stereocenters. The summed E-state index contributed by atoms with van der Waals surface area (Å²) in [6.45, 7) is 6.04. The molecule has 0 aliphatic rings. The number of aromatic nitrogens is 2. The number of carbonyl (C=O) groups is 1. The fourth-order valence-corrected chi connectivity index (χ4v) is 4.22. The molecule has 6 heteroatoms. The van der Waals surface area contributed by atoms with Crippen LogP contribution in [-0.2, 0) is 24.2 Å². The second-order valence-corrected chi connectivity index (χ2v) is 8.98. The number of nitrogens with zero attached hydrogens (tertiary/aromatic N) is 2. The van der Waals surface area contributed by atoms with E-state index in [0.29, 0.717) is 31.1 Å². The zero-order chi connectivity index (χ0) is 23.9. The topological polar surface area (TPSA) is 56.1 Å². The molecule has 1 amide bonds. The van der Waals surface area contributed by atoms with Crippen LogP contribution in [0.5, 0.6) is 5.75 Å². The molecule has 0 aliphatic heterocycles. The number of fused-ring (bicyclic) bond motifs is 1. The Bertz CT molecular complexity index is 1260. The maximum atomic E-state index is 12.3. The molecule has 0 saturated heterocycles. The summed E-state index contributed by atoms with van der Waals surface area (Å²) in [5.41, 5.74) is 5.41. The molecular formula is C28H30ClN3O2. The third kappa shape index (κ3) is 6.17. The molecule has 0 fully saturated rings. The summed E-state index contributed by atoms with van der Waals surface area (Å²) in [4.78, 5) is 17.1. The minimum Gasteiger partial charge on any atom is -0.491 e. The summed E-state index contributed by atoms with van der Waals surface area (Å²) in [6, 6.07) is 21.8. The molecule has 0 aliphatic carbocycles. The van der Waals surface area contributed by atoms with Gasteiger partial charge in [-0.3, -0.25) is 4.79 Å². The van der Waals surface area contributed by atoms with Crippen LogP contribution in [0.15, 0.2) is 66.7 Å². The lowest BCUT2D eigenvalue weighted by molar-refractivity contribution is -0.120. The van der Waals surface area contributed by atoms with E-state index in [2.05, 4.69) is 41.9 Å². The van der Waals surface area contributed by atoms with Crippen molar-refractivity contribution in [3.8, 4) is 5.75 Å². The molecule has 0 atom stereocenters. The van der Waals surface area contributed by atoms with E-state index < -0.39 is 0 Å². The predicted molar refractivity (Wildman–Crippen MR) is 138 cm³/mol. The summed E-state index contributed by atoms with van der Waals surface area (Å²) in [5, 5.41) is 3.68. The highest BCUT2D eigenvalue weighted by Gasteiger charge is 2.11. The van der Waals surface area contributed by atoms with E-state index >= 15 is 0 Å². The monoisotopic (exact) mass is 475 g/mol. The number of hydrogen-bond donors (Lipinski definition) is 1. The Balaban J connectivity index is 1.33. The number of amides is 1. The number of carbonyl (C=O) groups excluding carboxylic acids is 1. The van der Waals surface area contributed by atoms with E-state index in [1.807, 2.05) is 36.4 Å². The van der Waals surface area contributed by atoms with Crippen molar-refractivity contribution >= 4 is 28.5 Å². The number of imidazole rings is 1. The number of para-hydroxylation sites is 2. The van der Waals surface area contributed by atoms with Crippen LogP contribution in [0.2, 0.25) is 5.02 Å². The van der Waals surface area contributed by atoms with Crippen molar-refractivity contribution in [2.24, 2.45) is 0 Å². The largest absolute Gasteiger partial charge is 0.491 e. The normalized spacial score (nSPS) is 11.0. The quantitative estimate of drug-likeness (QED) is 0.300. The van der Waals surface area contributed by atoms with Gasteiger partial charge in [0.15, 0.2) is 0 Å². The van der Waals surface area contributed by atoms with Gasteiger partial charge in [0, 0.05) is 18.0 Å². The number of ether oxygens (including phenoxy) is 1. The molecule has 4 rings (SSSR count). The van der Waals surface area contributed by atoms with Crippen LogP contribution in [-0.4, -0.2) is 28.6 Å². The Morgan fingerprint density at radius 1 is 1.06 bits per heavy atom. The van der Waals surface area contributed by atoms with Gasteiger partial charge in [0.05, 0.1) is 24.0 Å². The number of halogens is 1. The maximum Gasteiger partial charge on any atom is 0.224 e. The van der Waals surface area contributed by atoms with Crippen LogP contribution in [0.1, 0.15) is 28.9 Å². The van der Waals surface area contributed by atoms with Gasteiger partial charge in [0.1, 0.15) is 18.2 Å². The highest BCUT2D eigenvalue weighted by Crippen LogP contribution is 2.20. The van der Waals surface area contributed by atoms with Gasteiger partial charge in [-0.25, -0.2) is 4.98 Å².